The summed E-state index contributed by atoms with van der Waals surface area (Å²) in [6.07, 6.45) is 1.13. The van der Waals surface area contributed by atoms with E-state index in [2.05, 4.69) is 34.1 Å². The molecule has 3 heterocycles. The lowest BCUT2D eigenvalue weighted by atomic mass is 9.95. The Kier molecular flexibility index (Phi) is 3.19. The van der Waals surface area contributed by atoms with Crippen molar-refractivity contribution in [2.75, 3.05) is 5.75 Å². The van der Waals surface area contributed by atoms with Gasteiger partial charge in [0.25, 0.3) is 0 Å². The number of nitrogens with zero attached hydrogens (tertiary/aromatic N) is 3. The van der Waals surface area contributed by atoms with Crippen molar-refractivity contribution in [3.63, 3.8) is 0 Å². The molecule has 0 spiro atoms. The van der Waals surface area contributed by atoms with E-state index in [1.165, 1.54) is 11.1 Å². The molecule has 0 aliphatic carbocycles. The molecule has 0 amide bonds. The summed E-state index contributed by atoms with van der Waals surface area (Å²) >= 11 is 1.85. The predicted octanol–water partition coefficient (Wildman–Crippen LogP) is 3.55. The molecule has 1 fully saturated rings. The van der Waals surface area contributed by atoms with E-state index in [4.69, 9.17) is 4.99 Å². The van der Waals surface area contributed by atoms with Gasteiger partial charge < -0.3 is 4.90 Å². The smallest absolute Gasteiger partial charge is 0.166 e. The van der Waals surface area contributed by atoms with Gasteiger partial charge in [-0.2, -0.15) is 0 Å². The molecule has 106 valence electrons. The van der Waals surface area contributed by atoms with Crippen molar-refractivity contribution in [1.82, 2.24) is 9.88 Å². The molecule has 2 aromatic rings. The van der Waals surface area contributed by atoms with Crippen molar-refractivity contribution in [2.24, 2.45) is 4.99 Å². The maximum atomic E-state index is 4.77. The number of fused-ring (bicyclic) bond motifs is 2. The molecule has 0 N–H and O–H groups in total. The monoisotopic (exact) mass is 295 g/mol. The van der Waals surface area contributed by atoms with E-state index in [1.54, 1.807) is 0 Å². The van der Waals surface area contributed by atoms with Gasteiger partial charge in [0.05, 0.1) is 0 Å². The largest absolute Gasteiger partial charge is 0.343 e. The van der Waals surface area contributed by atoms with E-state index in [0.717, 1.165) is 35.4 Å². The molecule has 1 aromatic heterocycles. The fourth-order valence-corrected chi connectivity index (χ4v) is 4.18. The number of amidine groups is 1. The summed E-state index contributed by atoms with van der Waals surface area (Å²) in [5.41, 5.74) is 3.94. The van der Waals surface area contributed by atoms with Crippen LogP contribution in [-0.2, 0) is 13.0 Å². The second-order valence-electron chi connectivity index (χ2n) is 5.60. The van der Waals surface area contributed by atoms with Gasteiger partial charge in [-0.05, 0) is 36.6 Å². The standard InChI is InChI=1S/C17H17N3S/c1-12-5-4-8-16(18-12)19-17-20-10-14-7-3-2-6-13(14)9-15(20)11-21-17/h2-8,15H,9-11H2,1H3. The van der Waals surface area contributed by atoms with Crippen LogP contribution in [0.1, 0.15) is 16.8 Å². The average molecular weight is 295 g/mol. The van der Waals surface area contributed by atoms with E-state index in [1.807, 2.05) is 36.9 Å². The number of rotatable bonds is 1. The minimum Gasteiger partial charge on any atom is -0.343 e. The van der Waals surface area contributed by atoms with Gasteiger partial charge >= 0.3 is 0 Å². The first-order valence-electron chi connectivity index (χ1n) is 7.28. The fourth-order valence-electron chi connectivity index (χ4n) is 3.00. The Morgan fingerprint density at radius 3 is 2.86 bits per heavy atom. The van der Waals surface area contributed by atoms with Crippen LogP contribution < -0.4 is 0 Å². The molecule has 4 heteroatoms. The van der Waals surface area contributed by atoms with E-state index in [9.17, 15) is 0 Å². The molecule has 1 unspecified atom stereocenters. The maximum absolute atomic E-state index is 4.77. The van der Waals surface area contributed by atoms with Crippen LogP contribution in [-0.4, -0.2) is 26.8 Å². The third-order valence-electron chi connectivity index (χ3n) is 4.09. The summed E-state index contributed by atoms with van der Waals surface area (Å²) in [5, 5.41) is 1.12. The molecule has 2 aliphatic rings. The van der Waals surface area contributed by atoms with Crippen LogP contribution in [0.25, 0.3) is 0 Å². The molecule has 0 radical (unpaired) electrons. The quantitative estimate of drug-likeness (QED) is 0.805. The van der Waals surface area contributed by atoms with E-state index in [0.29, 0.717) is 6.04 Å². The lowest BCUT2D eigenvalue weighted by Crippen LogP contribution is -2.38. The SMILES string of the molecule is Cc1cccc(N=C2SCC3Cc4ccccc4CN23)n1. The molecule has 1 atom stereocenters. The van der Waals surface area contributed by atoms with Gasteiger partial charge in [-0.25, -0.2) is 9.98 Å². The van der Waals surface area contributed by atoms with Crippen LogP contribution in [0.2, 0.25) is 0 Å². The summed E-state index contributed by atoms with van der Waals surface area (Å²) < 4.78 is 0. The number of pyridine rings is 1. The molecule has 1 aromatic carbocycles. The Balaban J connectivity index is 1.65. The van der Waals surface area contributed by atoms with Crippen molar-refractivity contribution in [1.29, 1.82) is 0 Å². The Labute approximate surface area is 129 Å². The zero-order chi connectivity index (χ0) is 14.2. The average Bonchev–Trinajstić information content (AvgIpc) is 2.87. The fraction of sp³-hybridized carbons (Fsp3) is 0.294. The molecule has 0 saturated carbocycles. The summed E-state index contributed by atoms with van der Waals surface area (Å²) in [6, 6.07) is 15.3. The number of benzene rings is 1. The highest BCUT2D eigenvalue weighted by Crippen LogP contribution is 2.34. The first-order chi connectivity index (χ1) is 10.3. The summed E-state index contributed by atoms with van der Waals surface area (Å²) in [5.74, 6) is 1.94. The maximum Gasteiger partial charge on any atom is 0.166 e. The highest BCUT2D eigenvalue weighted by atomic mass is 32.2. The number of thioether (sulfide) groups is 1. The van der Waals surface area contributed by atoms with Gasteiger partial charge in [0, 0.05) is 24.0 Å². The van der Waals surface area contributed by atoms with Crippen LogP contribution in [0.15, 0.2) is 47.5 Å². The van der Waals surface area contributed by atoms with Crippen LogP contribution >= 0.6 is 11.8 Å². The van der Waals surface area contributed by atoms with Crippen LogP contribution in [0.4, 0.5) is 5.82 Å². The topological polar surface area (TPSA) is 28.5 Å². The zero-order valence-corrected chi connectivity index (χ0v) is 12.8. The second kappa shape index (κ2) is 5.19. The third-order valence-corrected chi connectivity index (χ3v) is 5.23. The summed E-state index contributed by atoms with van der Waals surface area (Å²) in [4.78, 5) is 11.7. The minimum absolute atomic E-state index is 0.577. The Hall–Kier alpha value is -1.81. The van der Waals surface area contributed by atoms with E-state index in [-0.39, 0.29) is 0 Å². The number of hydrogen-bond donors (Lipinski definition) is 0. The Morgan fingerprint density at radius 2 is 2.00 bits per heavy atom. The van der Waals surface area contributed by atoms with Crippen molar-refractivity contribution in [2.45, 2.75) is 25.9 Å². The zero-order valence-electron chi connectivity index (χ0n) is 12.0. The van der Waals surface area contributed by atoms with Gasteiger partial charge in [0.15, 0.2) is 11.0 Å². The molecule has 3 nitrogen and oxygen atoms in total. The van der Waals surface area contributed by atoms with Gasteiger partial charge in [0.2, 0.25) is 0 Å². The Bertz CT molecular complexity index is 711. The predicted molar refractivity (Wildman–Crippen MR) is 88.0 cm³/mol. The lowest BCUT2D eigenvalue weighted by molar-refractivity contribution is 0.320. The van der Waals surface area contributed by atoms with Crippen molar-refractivity contribution >= 4 is 22.7 Å². The normalized spacial score (nSPS) is 22.2. The molecule has 0 bridgehead atoms. The Morgan fingerprint density at radius 1 is 1.14 bits per heavy atom. The highest BCUT2D eigenvalue weighted by Gasteiger charge is 2.34. The van der Waals surface area contributed by atoms with Crippen LogP contribution in [0.5, 0.6) is 0 Å². The van der Waals surface area contributed by atoms with Crippen molar-refractivity contribution in [3.8, 4) is 0 Å². The molecule has 4 rings (SSSR count). The first kappa shape index (κ1) is 12.9. The molecule has 21 heavy (non-hydrogen) atoms. The molecule has 1 saturated heterocycles. The van der Waals surface area contributed by atoms with Crippen molar-refractivity contribution < 1.29 is 0 Å². The molecular formula is C17H17N3S. The van der Waals surface area contributed by atoms with Gasteiger partial charge in [-0.15, -0.1) is 0 Å². The molecule has 2 aliphatic heterocycles. The van der Waals surface area contributed by atoms with Gasteiger partial charge in [-0.1, -0.05) is 42.1 Å². The van der Waals surface area contributed by atoms with Crippen LogP contribution in [0, 0.1) is 6.92 Å². The number of hydrogen-bond acceptors (Lipinski definition) is 3. The van der Waals surface area contributed by atoms with E-state index >= 15 is 0 Å². The second-order valence-corrected chi connectivity index (χ2v) is 6.58. The van der Waals surface area contributed by atoms with E-state index < -0.39 is 0 Å². The first-order valence-corrected chi connectivity index (χ1v) is 8.27. The third kappa shape index (κ3) is 2.44. The molecular weight excluding hydrogens is 278 g/mol. The summed E-state index contributed by atoms with van der Waals surface area (Å²) in [6.45, 7) is 2.98. The number of aliphatic imine (C=N–C) groups is 1. The number of aryl methyl sites for hydroxylation is 1. The van der Waals surface area contributed by atoms with Crippen molar-refractivity contribution in [3.05, 3.63) is 59.3 Å². The highest BCUT2D eigenvalue weighted by molar-refractivity contribution is 8.14. The summed E-state index contributed by atoms with van der Waals surface area (Å²) in [7, 11) is 0. The lowest BCUT2D eigenvalue weighted by Gasteiger charge is -2.32. The van der Waals surface area contributed by atoms with Gasteiger partial charge in [-0.3, -0.25) is 0 Å². The number of aromatic nitrogens is 1. The minimum atomic E-state index is 0.577. The van der Waals surface area contributed by atoms with Crippen LogP contribution in [0.3, 0.4) is 0 Å². The van der Waals surface area contributed by atoms with Gasteiger partial charge in [0.1, 0.15) is 0 Å².